The number of aryl methyl sites for hydroxylation is 1. The Balaban J connectivity index is 2.60. The number of pyridine rings is 1. The molecule has 1 aliphatic heterocycles. The van der Waals surface area contributed by atoms with Crippen LogP contribution in [0.5, 0.6) is 5.75 Å². The van der Waals surface area contributed by atoms with E-state index in [2.05, 4.69) is 4.98 Å². The number of hydrogen-bond donors (Lipinski definition) is 1. The van der Waals surface area contributed by atoms with Crippen LogP contribution < -0.4 is 10.5 Å². The average Bonchev–Trinajstić information content (AvgIpc) is 2.34. The van der Waals surface area contributed by atoms with Crippen molar-refractivity contribution in [2.24, 2.45) is 0 Å². The highest BCUT2D eigenvalue weighted by Gasteiger charge is 2.15. The minimum Gasteiger partial charge on any atom is -0.491 e. The highest BCUT2D eigenvalue weighted by atomic mass is 16.5. The molecule has 58 valence electrons. The summed E-state index contributed by atoms with van der Waals surface area (Å²) in [5, 5.41) is 0. The first kappa shape index (κ1) is 6.46. The number of anilines is 1. The third-order valence-corrected chi connectivity index (χ3v) is 1.86. The Kier molecular flexibility index (Phi) is 1.24. The van der Waals surface area contributed by atoms with Crippen LogP contribution in [0.2, 0.25) is 0 Å². The van der Waals surface area contributed by atoms with E-state index in [4.69, 9.17) is 10.5 Å². The van der Waals surface area contributed by atoms with Crippen LogP contribution in [0, 0.1) is 6.92 Å². The first-order chi connectivity index (χ1) is 5.27. The summed E-state index contributed by atoms with van der Waals surface area (Å²) in [5.74, 6) is 1.52. The zero-order valence-electron chi connectivity index (χ0n) is 6.42. The molecule has 0 atom stereocenters. The normalized spacial score (nSPS) is 14.3. The minimum atomic E-state index is 0.590. The summed E-state index contributed by atoms with van der Waals surface area (Å²) in [7, 11) is 0. The molecule has 0 spiro atoms. The molecule has 1 aromatic heterocycles. The summed E-state index contributed by atoms with van der Waals surface area (Å²) in [6.07, 6.45) is 0.961. The van der Waals surface area contributed by atoms with Gasteiger partial charge in [0.15, 0.2) is 0 Å². The summed E-state index contributed by atoms with van der Waals surface area (Å²) < 4.78 is 5.37. The number of nitrogen functional groups attached to an aromatic ring is 1. The van der Waals surface area contributed by atoms with Crippen LogP contribution in [0.1, 0.15) is 11.3 Å². The van der Waals surface area contributed by atoms with Crippen LogP contribution in [0.3, 0.4) is 0 Å². The molecule has 2 rings (SSSR count). The molecule has 2 N–H and O–H groups in total. The predicted molar refractivity (Wildman–Crippen MR) is 42.6 cm³/mol. The zero-order chi connectivity index (χ0) is 7.84. The van der Waals surface area contributed by atoms with Crippen molar-refractivity contribution in [2.75, 3.05) is 12.3 Å². The van der Waals surface area contributed by atoms with E-state index in [-0.39, 0.29) is 0 Å². The van der Waals surface area contributed by atoms with E-state index in [1.807, 2.05) is 13.0 Å². The number of nitrogens with zero attached hydrogens (tertiary/aromatic N) is 1. The average molecular weight is 150 g/mol. The van der Waals surface area contributed by atoms with Gasteiger partial charge in [-0.15, -0.1) is 0 Å². The molecule has 3 heteroatoms. The van der Waals surface area contributed by atoms with Crippen molar-refractivity contribution in [3.63, 3.8) is 0 Å². The standard InChI is InChI=1S/C8H10N2O/c1-5-8-6(2-3-11-8)4-7(9)10-5/h4H,2-3H2,1H3,(H2,9,10). The van der Waals surface area contributed by atoms with Gasteiger partial charge >= 0.3 is 0 Å². The molecule has 0 fully saturated rings. The molecule has 0 amide bonds. The van der Waals surface area contributed by atoms with Gasteiger partial charge < -0.3 is 10.5 Å². The lowest BCUT2D eigenvalue weighted by Crippen LogP contribution is -1.94. The van der Waals surface area contributed by atoms with Crippen LogP contribution in [0.25, 0.3) is 0 Å². The smallest absolute Gasteiger partial charge is 0.143 e. The van der Waals surface area contributed by atoms with Crippen molar-refractivity contribution in [1.29, 1.82) is 0 Å². The zero-order valence-corrected chi connectivity index (χ0v) is 6.42. The van der Waals surface area contributed by atoms with Crippen molar-refractivity contribution >= 4 is 5.82 Å². The van der Waals surface area contributed by atoms with Crippen LogP contribution >= 0.6 is 0 Å². The van der Waals surface area contributed by atoms with E-state index < -0.39 is 0 Å². The molecule has 0 aromatic carbocycles. The van der Waals surface area contributed by atoms with Crippen molar-refractivity contribution in [2.45, 2.75) is 13.3 Å². The summed E-state index contributed by atoms with van der Waals surface area (Å²) in [6, 6.07) is 1.88. The summed E-state index contributed by atoms with van der Waals surface area (Å²) in [5.41, 5.74) is 7.66. The molecular formula is C8H10N2O. The number of ether oxygens (including phenoxy) is 1. The Morgan fingerprint density at radius 1 is 1.64 bits per heavy atom. The largest absolute Gasteiger partial charge is 0.491 e. The van der Waals surface area contributed by atoms with Gasteiger partial charge in [0.2, 0.25) is 0 Å². The third kappa shape index (κ3) is 0.926. The van der Waals surface area contributed by atoms with E-state index in [0.717, 1.165) is 24.5 Å². The predicted octanol–water partition coefficient (Wildman–Crippen LogP) is 0.907. The fraction of sp³-hybridized carbons (Fsp3) is 0.375. The Bertz CT molecular complexity index is 296. The molecule has 0 saturated carbocycles. The van der Waals surface area contributed by atoms with Crippen molar-refractivity contribution in [3.8, 4) is 5.75 Å². The van der Waals surface area contributed by atoms with Crippen LogP contribution in [-0.2, 0) is 6.42 Å². The second kappa shape index (κ2) is 2.12. The maximum atomic E-state index is 5.56. The van der Waals surface area contributed by atoms with Gasteiger partial charge in [-0.05, 0) is 13.0 Å². The lowest BCUT2D eigenvalue weighted by Gasteiger charge is -2.02. The highest BCUT2D eigenvalue weighted by Crippen LogP contribution is 2.28. The number of aromatic nitrogens is 1. The fourth-order valence-corrected chi connectivity index (χ4v) is 1.40. The maximum absolute atomic E-state index is 5.56. The molecule has 3 nitrogen and oxygen atoms in total. The van der Waals surface area contributed by atoms with Gasteiger partial charge in [-0.3, -0.25) is 0 Å². The van der Waals surface area contributed by atoms with Gasteiger partial charge in [0, 0.05) is 12.0 Å². The Morgan fingerprint density at radius 2 is 2.45 bits per heavy atom. The van der Waals surface area contributed by atoms with E-state index in [0.29, 0.717) is 5.82 Å². The molecule has 0 aliphatic carbocycles. The summed E-state index contributed by atoms with van der Waals surface area (Å²) in [4.78, 5) is 4.10. The Hall–Kier alpha value is -1.25. The third-order valence-electron chi connectivity index (χ3n) is 1.86. The van der Waals surface area contributed by atoms with Gasteiger partial charge in [-0.1, -0.05) is 0 Å². The van der Waals surface area contributed by atoms with Crippen molar-refractivity contribution in [1.82, 2.24) is 4.98 Å². The monoisotopic (exact) mass is 150 g/mol. The molecular weight excluding hydrogens is 140 g/mol. The SMILES string of the molecule is Cc1nc(N)cc2c1OCC2. The van der Waals surface area contributed by atoms with Gasteiger partial charge in [0.1, 0.15) is 11.6 Å². The van der Waals surface area contributed by atoms with Gasteiger partial charge in [-0.25, -0.2) is 4.98 Å². The number of rotatable bonds is 0. The fourth-order valence-electron chi connectivity index (χ4n) is 1.40. The van der Waals surface area contributed by atoms with Crippen LogP contribution in [-0.4, -0.2) is 11.6 Å². The van der Waals surface area contributed by atoms with E-state index in [1.165, 1.54) is 5.56 Å². The molecule has 2 heterocycles. The van der Waals surface area contributed by atoms with Crippen LogP contribution in [0.15, 0.2) is 6.07 Å². The molecule has 11 heavy (non-hydrogen) atoms. The van der Waals surface area contributed by atoms with Crippen molar-refractivity contribution in [3.05, 3.63) is 17.3 Å². The minimum absolute atomic E-state index is 0.590. The number of nitrogens with two attached hydrogens (primary N) is 1. The van der Waals surface area contributed by atoms with E-state index in [9.17, 15) is 0 Å². The number of hydrogen-bond acceptors (Lipinski definition) is 3. The molecule has 1 aromatic rings. The van der Waals surface area contributed by atoms with Gasteiger partial charge in [0.25, 0.3) is 0 Å². The topological polar surface area (TPSA) is 48.1 Å². The molecule has 0 saturated heterocycles. The Labute approximate surface area is 65.2 Å². The van der Waals surface area contributed by atoms with Gasteiger partial charge in [-0.2, -0.15) is 0 Å². The molecule has 0 unspecified atom stereocenters. The second-order valence-corrected chi connectivity index (χ2v) is 2.72. The quantitative estimate of drug-likeness (QED) is 0.598. The first-order valence-corrected chi connectivity index (χ1v) is 3.66. The second-order valence-electron chi connectivity index (χ2n) is 2.72. The highest BCUT2D eigenvalue weighted by molar-refractivity contribution is 5.47. The number of fused-ring (bicyclic) bond motifs is 1. The lowest BCUT2D eigenvalue weighted by molar-refractivity contribution is 0.353. The molecule has 0 radical (unpaired) electrons. The first-order valence-electron chi connectivity index (χ1n) is 3.66. The van der Waals surface area contributed by atoms with E-state index in [1.54, 1.807) is 0 Å². The molecule has 1 aliphatic rings. The lowest BCUT2D eigenvalue weighted by atomic mass is 10.2. The van der Waals surface area contributed by atoms with Crippen molar-refractivity contribution < 1.29 is 4.74 Å². The van der Waals surface area contributed by atoms with Crippen LogP contribution in [0.4, 0.5) is 5.82 Å². The summed E-state index contributed by atoms with van der Waals surface area (Å²) in [6.45, 7) is 2.68. The van der Waals surface area contributed by atoms with Gasteiger partial charge in [0.05, 0.1) is 12.3 Å². The molecule has 0 bridgehead atoms. The maximum Gasteiger partial charge on any atom is 0.143 e. The Morgan fingerprint density at radius 3 is 3.27 bits per heavy atom. The summed E-state index contributed by atoms with van der Waals surface area (Å²) >= 11 is 0. The van der Waals surface area contributed by atoms with E-state index >= 15 is 0 Å².